The van der Waals surface area contributed by atoms with E-state index in [2.05, 4.69) is 4.98 Å². The van der Waals surface area contributed by atoms with Gasteiger partial charge in [-0.1, -0.05) is 0 Å². The Morgan fingerprint density at radius 2 is 2.33 bits per heavy atom. The molecule has 1 heterocycles. The Bertz CT molecular complexity index is 248. The van der Waals surface area contributed by atoms with E-state index in [-0.39, 0.29) is 6.10 Å². The monoisotopic (exact) mass is 166 g/mol. The number of ether oxygens (including phenoxy) is 1. The van der Waals surface area contributed by atoms with Gasteiger partial charge in [-0.25, -0.2) is 0 Å². The van der Waals surface area contributed by atoms with Crippen LogP contribution < -0.4 is 10.5 Å². The smallest absolute Gasteiger partial charge is 0.142 e. The minimum absolute atomic E-state index is 0.166. The summed E-state index contributed by atoms with van der Waals surface area (Å²) in [4.78, 5) is 4.10. The molecule has 66 valence electrons. The first-order valence-electron chi connectivity index (χ1n) is 4.04. The molecular weight excluding hydrogens is 152 g/mol. The van der Waals surface area contributed by atoms with Crippen molar-refractivity contribution in [3.8, 4) is 5.75 Å². The Morgan fingerprint density at radius 1 is 1.58 bits per heavy atom. The second kappa shape index (κ2) is 4.07. The maximum atomic E-state index is 5.49. The molecule has 3 nitrogen and oxygen atoms in total. The summed E-state index contributed by atoms with van der Waals surface area (Å²) in [6.45, 7) is 4.38. The molecule has 0 bridgehead atoms. The molecule has 0 atom stereocenters. The Kier molecular flexibility index (Phi) is 3.05. The molecule has 3 heteroatoms. The van der Waals surface area contributed by atoms with Gasteiger partial charge in [0.05, 0.1) is 11.8 Å². The number of nitrogens with zero attached hydrogens (tertiary/aromatic N) is 1. The van der Waals surface area contributed by atoms with Crippen molar-refractivity contribution in [3.05, 3.63) is 24.0 Å². The summed E-state index contributed by atoms with van der Waals surface area (Å²) in [5.41, 5.74) is 6.30. The average molecular weight is 166 g/mol. The molecule has 0 aliphatic carbocycles. The van der Waals surface area contributed by atoms with Crippen molar-refractivity contribution in [1.29, 1.82) is 0 Å². The van der Waals surface area contributed by atoms with E-state index in [1.165, 1.54) is 0 Å². The molecule has 1 aromatic heterocycles. The molecule has 2 N–H and O–H groups in total. The molecule has 0 radical (unpaired) electrons. The summed E-state index contributed by atoms with van der Waals surface area (Å²) in [6, 6.07) is 3.73. The third-order valence-corrected chi connectivity index (χ3v) is 1.40. The van der Waals surface area contributed by atoms with Crippen LogP contribution in [0.5, 0.6) is 5.75 Å². The van der Waals surface area contributed by atoms with Crippen LogP contribution in [0.4, 0.5) is 0 Å². The van der Waals surface area contributed by atoms with Crippen LogP contribution in [0, 0.1) is 0 Å². The van der Waals surface area contributed by atoms with E-state index in [1.807, 2.05) is 26.0 Å². The fraction of sp³-hybridized carbons (Fsp3) is 0.444. The number of hydrogen-bond donors (Lipinski definition) is 1. The topological polar surface area (TPSA) is 48.1 Å². The van der Waals surface area contributed by atoms with Crippen molar-refractivity contribution in [2.24, 2.45) is 5.73 Å². The number of pyridine rings is 1. The first kappa shape index (κ1) is 9.00. The predicted molar refractivity (Wildman–Crippen MR) is 47.9 cm³/mol. The summed E-state index contributed by atoms with van der Waals surface area (Å²) >= 11 is 0. The zero-order chi connectivity index (χ0) is 8.97. The Labute approximate surface area is 72.6 Å². The number of aromatic nitrogens is 1. The van der Waals surface area contributed by atoms with E-state index in [1.54, 1.807) is 6.20 Å². The lowest BCUT2D eigenvalue weighted by Crippen LogP contribution is -2.10. The van der Waals surface area contributed by atoms with E-state index in [4.69, 9.17) is 10.5 Å². The van der Waals surface area contributed by atoms with Gasteiger partial charge in [0.15, 0.2) is 0 Å². The second-order valence-electron chi connectivity index (χ2n) is 2.82. The third kappa shape index (κ3) is 2.20. The zero-order valence-electron chi connectivity index (χ0n) is 7.45. The normalized spacial score (nSPS) is 10.3. The highest BCUT2D eigenvalue weighted by Gasteiger charge is 2.03. The van der Waals surface area contributed by atoms with Gasteiger partial charge >= 0.3 is 0 Å². The lowest BCUT2D eigenvalue weighted by Gasteiger charge is -2.11. The number of rotatable bonds is 3. The average Bonchev–Trinajstić information content (AvgIpc) is 2.04. The Hall–Kier alpha value is -1.09. The van der Waals surface area contributed by atoms with Gasteiger partial charge in [-0.15, -0.1) is 0 Å². The molecule has 0 amide bonds. The van der Waals surface area contributed by atoms with Crippen LogP contribution in [0.2, 0.25) is 0 Å². The fourth-order valence-corrected chi connectivity index (χ4v) is 0.938. The van der Waals surface area contributed by atoms with E-state index in [9.17, 15) is 0 Å². The van der Waals surface area contributed by atoms with Gasteiger partial charge in [0, 0.05) is 12.7 Å². The molecule has 0 unspecified atom stereocenters. The molecule has 12 heavy (non-hydrogen) atoms. The highest BCUT2D eigenvalue weighted by atomic mass is 16.5. The number of hydrogen-bond acceptors (Lipinski definition) is 3. The van der Waals surface area contributed by atoms with Gasteiger partial charge in [-0.3, -0.25) is 4.98 Å². The highest BCUT2D eigenvalue weighted by Crippen LogP contribution is 2.15. The van der Waals surface area contributed by atoms with Crippen molar-refractivity contribution in [2.75, 3.05) is 0 Å². The maximum Gasteiger partial charge on any atom is 0.142 e. The maximum absolute atomic E-state index is 5.49. The van der Waals surface area contributed by atoms with Crippen molar-refractivity contribution in [1.82, 2.24) is 4.98 Å². The van der Waals surface area contributed by atoms with E-state index < -0.39 is 0 Å². The molecule has 0 aliphatic rings. The van der Waals surface area contributed by atoms with Crippen molar-refractivity contribution in [3.63, 3.8) is 0 Å². The summed E-state index contributed by atoms with van der Waals surface area (Å²) < 4.78 is 5.49. The second-order valence-corrected chi connectivity index (χ2v) is 2.82. The van der Waals surface area contributed by atoms with Crippen LogP contribution in [0.25, 0.3) is 0 Å². The van der Waals surface area contributed by atoms with Gasteiger partial charge in [0.1, 0.15) is 5.75 Å². The lowest BCUT2D eigenvalue weighted by atomic mass is 10.3. The Morgan fingerprint density at radius 3 is 2.92 bits per heavy atom. The van der Waals surface area contributed by atoms with Gasteiger partial charge in [0.25, 0.3) is 0 Å². The van der Waals surface area contributed by atoms with Crippen molar-refractivity contribution in [2.45, 2.75) is 26.5 Å². The standard InChI is InChI=1S/C9H14N2O/c1-7(2)12-9-4-3-5-11-8(9)6-10/h3-5,7H,6,10H2,1-2H3. The van der Waals surface area contributed by atoms with E-state index in [0.717, 1.165) is 11.4 Å². The number of nitrogens with two attached hydrogens (primary N) is 1. The molecule has 0 saturated heterocycles. The fourth-order valence-electron chi connectivity index (χ4n) is 0.938. The SMILES string of the molecule is CC(C)Oc1cccnc1CN. The summed E-state index contributed by atoms with van der Waals surface area (Å²) in [5, 5.41) is 0. The van der Waals surface area contributed by atoms with Crippen LogP contribution in [-0.4, -0.2) is 11.1 Å². The molecule has 0 saturated carbocycles. The molecule has 0 aromatic carbocycles. The minimum atomic E-state index is 0.166. The quantitative estimate of drug-likeness (QED) is 0.736. The van der Waals surface area contributed by atoms with Crippen LogP contribution in [0.3, 0.4) is 0 Å². The van der Waals surface area contributed by atoms with Crippen LogP contribution in [-0.2, 0) is 6.54 Å². The van der Waals surface area contributed by atoms with E-state index >= 15 is 0 Å². The minimum Gasteiger partial charge on any atom is -0.489 e. The third-order valence-electron chi connectivity index (χ3n) is 1.40. The van der Waals surface area contributed by atoms with E-state index in [0.29, 0.717) is 6.54 Å². The predicted octanol–water partition coefficient (Wildman–Crippen LogP) is 1.33. The van der Waals surface area contributed by atoms with Crippen LogP contribution in [0.1, 0.15) is 19.5 Å². The van der Waals surface area contributed by atoms with Gasteiger partial charge in [-0.05, 0) is 26.0 Å². The molecule has 0 fully saturated rings. The molecular formula is C9H14N2O. The van der Waals surface area contributed by atoms with Crippen molar-refractivity contribution < 1.29 is 4.74 Å². The van der Waals surface area contributed by atoms with Crippen molar-refractivity contribution >= 4 is 0 Å². The van der Waals surface area contributed by atoms with Crippen LogP contribution in [0.15, 0.2) is 18.3 Å². The Balaban J connectivity index is 2.82. The highest BCUT2D eigenvalue weighted by molar-refractivity contribution is 5.26. The summed E-state index contributed by atoms with van der Waals surface area (Å²) in [7, 11) is 0. The summed E-state index contributed by atoms with van der Waals surface area (Å²) in [6.07, 6.45) is 1.88. The lowest BCUT2D eigenvalue weighted by molar-refractivity contribution is 0.239. The largest absolute Gasteiger partial charge is 0.489 e. The van der Waals surface area contributed by atoms with Gasteiger partial charge < -0.3 is 10.5 Å². The molecule has 1 rings (SSSR count). The van der Waals surface area contributed by atoms with Gasteiger partial charge in [0.2, 0.25) is 0 Å². The molecule has 0 aliphatic heterocycles. The molecule has 1 aromatic rings. The van der Waals surface area contributed by atoms with Gasteiger partial charge in [-0.2, -0.15) is 0 Å². The summed E-state index contributed by atoms with van der Waals surface area (Å²) in [5.74, 6) is 0.787. The van der Waals surface area contributed by atoms with Crippen LogP contribution >= 0.6 is 0 Å². The first-order chi connectivity index (χ1) is 5.74. The first-order valence-corrected chi connectivity index (χ1v) is 4.04. The zero-order valence-corrected chi connectivity index (χ0v) is 7.45. The molecule has 0 spiro atoms.